The van der Waals surface area contributed by atoms with Crippen molar-refractivity contribution in [1.82, 2.24) is 4.90 Å². The third kappa shape index (κ3) is 3.55. The van der Waals surface area contributed by atoms with Gasteiger partial charge in [0, 0.05) is 0 Å². The van der Waals surface area contributed by atoms with Gasteiger partial charge in [-0.25, -0.2) is 4.79 Å². The number of methoxy groups -OCH3 is 1. The minimum Gasteiger partial charge on any atom is -0.467 e. The van der Waals surface area contributed by atoms with Gasteiger partial charge < -0.3 is 4.74 Å². The van der Waals surface area contributed by atoms with Crippen molar-refractivity contribution in [2.24, 2.45) is 0 Å². The number of imide groups is 1. The van der Waals surface area contributed by atoms with Gasteiger partial charge in [0.1, 0.15) is 6.04 Å². The summed E-state index contributed by atoms with van der Waals surface area (Å²) in [5, 5.41) is -0.472. The van der Waals surface area contributed by atoms with Crippen LogP contribution in [-0.2, 0) is 14.3 Å². The molecule has 6 heteroatoms. The second-order valence-corrected chi connectivity index (χ2v) is 6.73. The highest BCUT2D eigenvalue weighted by Gasteiger charge is 2.41. The van der Waals surface area contributed by atoms with Crippen molar-refractivity contribution in [3.05, 3.63) is 65.1 Å². The number of thioether (sulfide) groups is 1. The molecule has 0 N–H and O–H groups in total. The van der Waals surface area contributed by atoms with Crippen molar-refractivity contribution in [1.29, 1.82) is 0 Å². The SMILES string of the molecule is COC(=O)[C@H](C)N1C(=O)S/C(=C/c2ccc(-c3ccccc3)cc2)C1=O. The minimum absolute atomic E-state index is 0.290. The second-order valence-electron chi connectivity index (χ2n) is 5.74. The van der Waals surface area contributed by atoms with E-state index in [-0.39, 0.29) is 0 Å². The van der Waals surface area contributed by atoms with Gasteiger partial charge >= 0.3 is 5.97 Å². The first kappa shape index (κ1) is 17.9. The van der Waals surface area contributed by atoms with Crippen LogP contribution in [0, 0.1) is 0 Å². The van der Waals surface area contributed by atoms with Gasteiger partial charge in [-0.15, -0.1) is 0 Å². The molecule has 0 unspecified atom stereocenters. The van der Waals surface area contributed by atoms with E-state index in [1.807, 2.05) is 54.6 Å². The number of ether oxygens (including phenoxy) is 1. The van der Waals surface area contributed by atoms with Gasteiger partial charge in [-0.3, -0.25) is 14.5 Å². The molecule has 1 fully saturated rings. The number of amides is 2. The van der Waals surface area contributed by atoms with Crippen molar-refractivity contribution in [2.45, 2.75) is 13.0 Å². The van der Waals surface area contributed by atoms with E-state index in [2.05, 4.69) is 4.74 Å². The molecule has 0 spiro atoms. The molecule has 5 nitrogen and oxygen atoms in total. The molecule has 2 aromatic rings. The Morgan fingerprint density at radius 3 is 2.27 bits per heavy atom. The highest BCUT2D eigenvalue weighted by molar-refractivity contribution is 8.18. The fourth-order valence-corrected chi connectivity index (χ4v) is 3.55. The molecule has 1 saturated heterocycles. The molecule has 0 aliphatic carbocycles. The summed E-state index contributed by atoms with van der Waals surface area (Å²) in [6, 6.07) is 16.7. The van der Waals surface area contributed by atoms with Crippen molar-refractivity contribution in [3.63, 3.8) is 0 Å². The summed E-state index contributed by atoms with van der Waals surface area (Å²) in [4.78, 5) is 37.4. The van der Waals surface area contributed by atoms with E-state index in [0.717, 1.165) is 33.4 Å². The Labute approximate surface area is 155 Å². The topological polar surface area (TPSA) is 63.7 Å². The van der Waals surface area contributed by atoms with Gasteiger partial charge in [-0.2, -0.15) is 0 Å². The van der Waals surface area contributed by atoms with Gasteiger partial charge in [-0.05, 0) is 41.5 Å². The zero-order chi connectivity index (χ0) is 18.7. The number of nitrogens with zero attached hydrogens (tertiary/aromatic N) is 1. The molecule has 3 rings (SSSR count). The van der Waals surface area contributed by atoms with Crippen LogP contribution < -0.4 is 0 Å². The molecule has 1 heterocycles. The molecule has 0 aromatic heterocycles. The van der Waals surface area contributed by atoms with Crippen LogP contribution in [0.5, 0.6) is 0 Å². The number of carbonyl (C=O) groups is 3. The molecular formula is C20H17NO4S. The first-order valence-electron chi connectivity index (χ1n) is 8.01. The van der Waals surface area contributed by atoms with Gasteiger partial charge in [0.05, 0.1) is 12.0 Å². The van der Waals surface area contributed by atoms with E-state index < -0.39 is 23.2 Å². The Balaban J connectivity index is 1.81. The van der Waals surface area contributed by atoms with Crippen LogP contribution in [0.15, 0.2) is 59.5 Å². The van der Waals surface area contributed by atoms with E-state index in [9.17, 15) is 14.4 Å². The van der Waals surface area contributed by atoms with Crippen molar-refractivity contribution >= 4 is 35.0 Å². The third-order valence-corrected chi connectivity index (χ3v) is 4.95. The van der Waals surface area contributed by atoms with Gasteiger partial charge in [0.15, 0.2) is 0 Å². The molecule has 2 aromatic carbocycles. The molecule has 0 saturated carbocycles. The minimum atomic E-state index is -0.946. The van der Waals surface area contributed by atoms with Crippen LogP contribution in [0.25, 0.3) is 17.2 Å². The smallest absolute Gasteiger partial charge is 0.328 e. The lowest BCUT2D eigenvalue weighted by Crippen LogP contribution is -2.42. The van der Waals surface area contributed by atoms with Crippen LogP contribution in [-0.4, -0.2) is 35.2 Å². The second kappa shape index (κ2) is 7.58. The van der Waals surface area contributed by atoms with E-state index in [1.165, 1.54) is 14.0 Å². The zero-order valence-corrected chi connectivity index (χ0v) is 15.2. The number of benzene rings is 2. The van der Waals surface area contributed by atoms with Crippen molar-refractivity contribution in [2.75, 3.05) is 7.11 Å². The van der Waals surface area contributed by atoms with Gasteiger partial charge in [0.2, 0.25) is 0 Å². The van der Waals surface area contributed by atoms with E-state index in [4.69, 9.17) is 0 Å². The molecular weight excluding hydrogens is 350 g/mol. The quantitative estimate of drug-likeness (QED) is 0.605. The molecule has 1 aliphatic heterocycles. The summed E-state index contributed by atoms with van der Waals surface area (Å²) < 4.78 is 4.62. The predicted octanol–water partition coefficient (Wildman–Crippen LogP) is 3.95. The maximum Gasteiger partial charge on any atom is 0.328 e. The number of rotatable bonds is 4. The Morgan fingerprint density at radius 1 is 1.04 bits per heavy atom. The van der Waals surface area contributed by atoms with Crippen molar-refractivity contribution < 1.29 is 19.1 Å². The number of esters is 1. The average Bonchev–Trinajstić information content (AvgIpc) is 2.95. The van der Waals surface area contributed by atoms with Crippen molar-refractivity contribution in [3.8, 4) is 11.1 Å². The third-order valence-electron chi connectivity index (χ3n) is 4.07. The van der Waals surface area contributed by atoms with E-state index in [0.29, 0.717) is 4.91 Å². The Bertz CT molecular complexity index is 874. The molecule has 0 bridgehead atoms. The molecule has 132 valence electrons. The number of hydrogen-bond acceptors (Lipinski definition) is 5. The normalized spacial score (nSPS) is 16.8. The lowest BCUT2D eigenvalue weighted by Gasteiger charge is -2.18. The number of hydrogen-bond donors (Lipinski definition) is 0. The molecule has 1 aliphatic rings. The first-order chi connectivity index (χ1) is 12.5. The van der Waals surface area contributed by atoms with Crippen LogP contribution in [0.4, 0.5) is 4.79 Å². The number of carbonyl (C=O) groups excluding carboxylic acids is 3. The van der Waals surface area contributed by atoms with E-state index >= 15 is 0 Å². The monoisotopic (exact) mass is 367 g/mol. The molecule has 2 amide bonds. The standard InChI is InChI=1S/C20H17NO4S/c1-13(19(23)25-2)21-18(22)17(26-20(21)24)12-14-8-10-16(11-9-14)15-6-4-3-5-7-15/h3-13H,1-2H3/b17-12+/t13-/m0/s1. The summed E-state index contributed by atoms with van der Waals surface area (Å²) >= 11 is 0.824. The maximum atomic E-state index is 12.5. The van der Waals surface area contributed by atoms with E-state index in [1.54, 1.807) is 6.08 Å². The summed E-state index contributed by atoms with van der Waals surface area (Å²) in [5.41, 5.74) is 2.97. The summed E-state index contributed by atoms with van der Waals surface area (Å²) in [6.07, 6.45) is 1.66. The average molecular weight is 367 g/mol. The van der Waals surface area contributed by atoms with Crippen LogP contribution in [0.3, 0.4) is 0 Å². The Morgan fingerprint density at radius 2 is 1.65 bits per heavy atom. The summed E-state index contributed by atoms with van der Waals surface area (Å²) in [5.74, 6) is -1.11. The summed E-state index contributed by atoms with van der Waals surface area (Å²) in [7, 11) is 1.22. The molecule has 26 heavy (non-hydrogen) atoms. The Hall–Kier alpha value is -2.86. The lowest BCUT2D eigenvalue weighted by molar-refractivity contribution is -0.148. The van der Waals surface area contributed by atoms with Crippen LogP contribution in [0.1, 0.15) is 12.5 Å². The lowest BCUT2D eigenvalue weighted by atomic mass is 10.0. The molecule has 0 radical (unpaired) electrons. The fraction of sp³-hybridized carbons (Fsp3) is 0.150. The zero-order valence-electron chi connectivity index (χ0n) is 14.3. The largest absolute Gasteiger partial charge is 0.467 e. The van der Waals surface area contributed by atoms with Crippen LogP contribution >= 0.6 is 11.8 Å². The first-order valence-corrected chi connectivity index (χ1v) is 8.83. The highest BCUT2D eigenvalue weighted by atomic mass is 32.2. The highest BCUT2D eigenvalue weighted by Crippen LogP contribution is 2.34. The fourth-order valence-electron chi connectivity index (χ4n) is 2.64. The molecule has 1 atom stereocenters. The Kier molecular flexibility index (Phi) is 5.23. The van der Waals surface area contributed by atoms with Gasteiger partial charge in [0.25, 0.3) is 11.1 Å². The summed E-state index contributed by atoms with van der Waals surface area (Å²) in [6.45, 7) is 1.47. The van der Waals surface area contributed by atoms with Gasteiger partial charge in [-0.1, -0.05) is 54.6 Å². The maximum absolute atomic E-state index is 12.5. The van der Waals surface area contributed by atoms with Crippen LogP contribution in [0.2, 0.25) is 0 Å². The predicted molar refractivity (Wildman–Crippen MR) is 101 cm³/mol.